The minimum atomic E-state index is 0.901. The van der Waals surface area contributed by atoms with Crippen LogP contribution in [0.4, 0.5) is 0 Å². The molecule has 0 amide bonds. The summed E-state index contributed by atoms with van der Waals surface area (Å²) < 4.78 is 8.83. The lowest BCUT2D eigenvalue weighted by molar-refractivity contribution is 0.415. The van der Waals surface area contributed by atoms with Gasteiger partial charge >= 0.3 is 0 Å². The summed E-state index contributed by atoms with van der Waals surface area (Å²) in [7, 11) is 1.69. The van der Waals surface area contributed by atoms with E-state index in [1.165, 1.54) is 13.7 Å². The van der Waals surface area contributed by atoms with E-state index >= 15 is 0 Å². The van der Waals surface area contributed by atoms with Crippen LogP contribution in [-0.4, -0.2) is 7.11 Å². The normalized spacial score (nSPS) is 10.7. The fourth-order valence-electron chi connectivity index (χ4n) is 1.17. The van der Waals surface area contributed by atoms with Crippen LogP contribution in [0.5, 0.6) is 5.75 Å². The highest BCUT2D eigenvalue weighted by atomic mass is 127. The van der Waals surface area contributed by atoms with Crippen LogP contribution in [0, 0.1) is 3.57 Å². The molecule has 4 heteroatoms. The van der Waals surface area contributed by atoms with Crippen molar-refractivity contribution < 1.29 is 4.74 Å². The van der Waals surface area contributed by atoms with Gasteiger partial charge in [-0.3, -0.25) is 0 Å². The van der Waals surface area contributed by atoms with Gasteiger partial charge in [-0.05, 0) is 50.7 Å². The Bertz CT molecular complexity index is 452. The summed E-state index contributed by atoms with van der Waals surface area (Å²) >= 11 is 7.62. The van der Waals surface area contributed by atoms with E-state index in [9.17, 15) is 0 Å². The van der Waals surface area contributed by atoms with E-state index in [2.05, 4.69) is 50.0 Å². The van der Waals surface area contributed by atoms with Crippen molar-refractivity contribution in [2.45, 2.75) is 0 Å². The number of hydrogen-bond donors (Lipinski definition) is 0. The van der Waals surface area contributed by atoms with Crippen molar-refractivity contribution in [3.05, 3.63) is 25.6 Å². The first-order valence-corrected chi connectivity index (χ1v) is 6.37. The van der Waals surface area contributed by atoms with E-state index in [1.54, 1.807) is 18.4 Å². The van der Waals surface area contributed by atoms with Crippen LogP contribution in [0.2, 0.25) is 0 Å². The van der Waals surface area contributed by atoms with Gasteiger partial charge in [-0.15, -0.1) is 11.3 Å². The molecule has 0 unspecified atom stereocenters. The maximum atomic E-state index is 5.19. The minimum absolute atomic E-state index is 0.901. The molecule has 0 aliphatic heterocycles. The zero-order valence-electron chi connectivity index (χ0n) is 6.80. The first-order chi connectivity index (χ1) is 6.22. The molecule has 0 aliphatic rings. The smallest absolute Gasteiger partial charge is 0.121 e. The van der Waals surface area contributed by atoms with Crippen molar-refractivity contribution in [1.82, 2.24) is 0 Å². The standard InChI is InChI=1S/C9H6BrIOS/c1-12-5-2-6(10)9-7(11)4-13-8(9)3-5/h2-4H,1H3. The summed E-state index contributed by atoms with van der Waals surface area (Å²) in [6.07, 6.45) is 0. The van der Waals surface area contributed by atoms with Gasteiger partial charge in [0.1, 0.15) is 5.75 Å². The van der Waals surface area contributed by atoms with Crippen molar-refractivity contribution in [1.29, 1.82) is 0 Å². The highest BCUT2D eigenvalue weighted by Crippen LogP contribution is 2.36. The Morgan fingerprint density at radius 3 is 2.92 bits per heavy atom. The van der Waals surface area contributed by atoms with Crippen LogP contribution in [0.25, 0.3) is 10.1 Å². The largest absolute Gasteiger partial charge is 0.497 e. The molecule has 0 saturated heterocycles. The van der Waals surface area contributed by atoms with Crippen molar-refractivity contribution in [3.8, 4) is 5.75 Å². The summed E-state index contributed by atoms with van der Waals surface area (Å²) in [5, 5.41) is 3.43. The lowest BCUT2D eigenvalue weighted by Crippen LogP contribution is -1.82. The molecule has 1 nitrogen and oxygen atoms in total. The quantitative estimate of drug-likeness (QED) is 0.683. The second-order valence-electron chi connectivity index (χ2n) is 2.57. The van der Waals surface area contributed by atoms with Crippen LogP contribution in [0.1, 0.15) is 0 Å². The molecule has 0 aliphatic carbocycles. The van der Waals surface area contributed by atoms with Crippen LogP contribution in [-0.2, 0) is 0 Å². The van der Waals surface area contributed by atoms with Gasteiger partial charge < -0.3 is 4.74 Å². The van der Waals surface area contributed by atoms with E-state index < -0.39 is 0 Å². The van der Waals surface area contributed by atoms with Gasteiger partial charge in [-0.25, -0.2) is 0 Å². The summed E-state index contributed by atoms with van der Waals surface area (Å²) in [5.74, 6) is 0.901. The molecule has 1 heterocycles. The summed E-state index contributed by atoms with van der Waals surface area (Å²) in [6, 6.07) is 4.06. The number of ether oxygens (including phenoxy) is 1. The van der Waals surface area contributed by atoms with E-state index in [4.69, 9.17) is 4.74 Å². The highest BCUT2D eigenvalue weighted by Gasteiger charge is 2.07. The highest BCUT2D eigenvalue weighted by molar-refractivity contribution is 14.1. The molecule has 0 spiro atoms. The van der Waals surface area contributed by atoms with Crippen molar-refractivity contribution in [2.75, 3.05) is 7.11 Å². The van der Waals surface area contributed by atoms with Crippen LogP contribution >= 0.6 is 49.9 Å². The van der Waals surface area contributed by atoms with Gasteiger partial charge in [-0.2, -0.15) is 0 Å². The Labute approximate surface area is 102 Å². The van der Waals surface area contributed by atoms with Crippen LogP contribution in [0.15, 0.2) is 22.0 Å². The fourth-order valence-corrected chi connectivity index (χ4v) is 4.34. The summed E-state index contributed by atoms with van der Waals surface area (Å²) in [5.41, 5.74) is 0. The molecule has 13 heavy (non-hydrogen) atoms. The summed E-state index contributed by atoms with van der Waals surface area (Å²) in [6.45, 7) is 0. The number of hydrogen-bond acceptors (Lipinski definition) is 2. The van der Waals surface area contributed by atoms with Crippen molar-refractivity contribution in [3.63, 3.8) is 0 Å². The Morgan fingerprint density at radius 2 is 2.23 bits per heavy atom. The third-order valence-corrected chi connectivity index (χ3v) is 4.62. The maximum Gasteiger partial charge on any atom is 0.121 e. The SMILES string of the molecule is COc1cc(Br)c2c(I)csc2c1. The zero-order chi connectivity index (χ0) is 9.42. The first kappa shape index (κ1) is 9.73. The molecule has 2 aromatic rings. The lowest BCUT2D eigenvalue weighted by Gasteiger charge is -2.01. The maximum absolute atomic E-state index is 5.19. The number of thiophene rings is 1. The molecule has 0 radical (unpaired) electrons. The Morgan fingerprint density at radius 1 is 1.46 bits per heavy atom. The number of methoxy groups -OCH3 is 1. The van der Waals surface area contributed by atoms with E-state index in [0.29, 0.717) is 0 Å². The number of rotatable bonds is 1. The third-order valence-electron chi connectivity index (χ3n) is 1.79. The second-order valence-corrected chi connectivity index (χ2v) is 5.49. The van der Waals surface area contributed by atoms with Gasteiger partial charge in [-0.1, -0.05) is 0 Å². The van der Waals surface area contributed by atoms with Crippen LogP contribution < -0.4 is 4.74 Å². The number of halogens is 2. The number of fused-ring (bicyclic) bond motifs is 1. The fraction of sp³-hybridized carbons (Fsp3) is 0.111. The molecule has 0 N–H and O–H groups in total. The zero-order valence-corrected chi connectivity index (χ0v) is 11.4. The van der Waals surface area contributed by atoms with Crippen molar-refractivity contribution >= 4 is 59.9 Å². The van der Waals surface area contributed by atoms with Crippen LogP contribution in [0.3, 0.4) is 0 Å². The monoisotopic (exact) mass is 368 g/mol. The van der Waals surface area contributed by atoms with Gasteiger partial charge in [0, 0.05) is 23.5 Å². The van der Waals surface area contributed by atoms with Gasteiger partial charge in [0.25, 0.3) is 0 Å². The Balaban J connectivity index is 2.79. The molecule has 2 rings (SSSR count). The van der Waals surface area contributed by atoms with Gasteiger partial charge in [0.15, 0.2) is 0 Å². The first-order valence-electron chi connectivity index (χ1n) is 3.62. The molecular formula is C9H6BrIOS. The molecule has 0 atom stereocenters. The average molecular weight is 369 g/mol. The van der Waals surface area contributed by atoms with E-state index in [-0.39, 0.29) is 0 Å². The Kier molecular flexibility index (Phi) is 2.80. The second kappa shape index (κ2) is 3.74. The average Bonchev–Trinajstić information content (AvgIpc) is 2.48. The third kappa shape index (κ3) is 1.71. The molecule has 1 aromatic carbocycles. The lowest BCUT2D eigenvalue weighted by atomic mass is 10.2. The molecule has 0 fully saturated rings. The Hall–Kier alpha value is 0.190. The molecular weight excluding hydrogens is 363 g/mol. The molecule has 0 saturated carbocycles. The molecule has 0 bridgehead atoms. The topological polar surface area (TPSA) is 9.23 Å². The predicted octanol–water partition coefficient (Wildman–Crippen LogP) is 4.28. The van der Waals surface area contributed by atoms with E-state index in [1.807, 2.05) is 6.07 Å². The van der Waals surface area contributed by atoms with E-state index in [0.717, 1.165) is 10.2 Å². The molecule has 68 valence electrons. The van der Waals surface area contributed by atoms with Gasteiger partial charge in [0.2, 0.25) is 0 Å². The minimum Gasteiger partial charge on any atom is -0.497 e. The van der Waals surface area contributed by atoms with Crippen molar-refractivity contribution in [2.24, 2.45) is 0 Å². The predicted molar refractivity (Wildman–Crippen MR) is 68.8 cm³/mol. The summed E-state index contributed by atoms with van der Waals surface area (Å²) in [4.78, 5) is 0. The number of benzene rings is 1. The van der Waals surface area contributed by atoms with Gasteiger partial charge in [0.05, 0.1) is 7.11 Å². The molecule has 1 aromatic heterocycles.